The van der Waals surface area contributed by atoms with Crippen LogP contribution in [0.1, 0.15) is 23.8 Å². The molecule has 0 bridgehead atoms. The molecule has 0 aliphatic carbocycles. The molecule has 0 unspecified atom stereocenters. The molecule has 1 aromatic carbocycles. The Balaban J connectivity index is 2.04. The fraction of sp³-hybridized carbons (Fsp3) is 0.333. The first-order chi connectivity index (χ1) is 9.53. The van der Waals surface area contributed by atoms with Crippen molar-refractivity contribution in [3.05, 3.63) is 46.2 Å². The van der Waals surface area contributed by atoms with Crippen LogP contribution >= 0.6 is 11.3 Å². The second kappa shape index (κ2) is 6.41. The maximum Gasteiger partial charge on any atom is 0.178 e. The summed E-state index contributed by atoms with van der Waals surface area (Å²) in [7, 11) is -3.12. The van der Waals surface area contributed by atoms with E-state index in [-0.39, 0.29) is 5.75 Å². The van der Waals surface area contributed by atoms with Crippen LogP contribution in [-0.2, 0) is 16.4 Å². The highest BCUT2D eigenvalue weighted by Gasteiger charge is 2.12. The molecule has 0 atom stereocenters. The quantitative estimate of drug-likeness (QED) is 0.881. The normalized spacial score (nSPS) is 11.5. The minimum Gasteiger partial charge on any atom is -0.380 e. The molecule has 1 N–H and O–H groups in total. The average Bonchev–Trinajstić information content (AvgIpc) is 2.82. The van der Waals surface area contributed by atoms with Crippen LogP contribution < -0.4 is 5.32 Å². The van der Waals surface area contributed by atoms with Crippen molar-refractivity contribution in [3.8, 4) is 0 Å². The molecule has 3 nitrogen and oxygen atoms in total. The van der Waals surface area contributed by atoms with Gasteiger partial charge in [-0.25, -0.2) is 8.42 Å². The summed E-state index contributed by atoms with van der Waals surface area (Å²) in [5.74, 6) is 0.203. The first-order valence-electron chi connectivity index (χ1n) is 6.62. The average molecular weight is 309 g/mol. The lowest BCUT2D eigenvalue weighted by Crippen LogP contribution is -2.06. The summed E-state index contributed by atoms with van der Waals surface area (Å²) in [5, 5.41) is 5.39. The van der Waals surface area contributed by atoms with Crippen molar-refractivity contribution in [3.63, 3.8) is 0 Å². The second-order valence-corrected chi connectivity index (χ2v) is 7.83. The van der Waals surface area contributed by atoms with Crippen molar-refractivity contribution < 1.29 is 8.42 Å². The number of hydrogen-bond donors (Lipinski definition) is 1. The predicted octanol–water partition coefficient (Wildman–Crippen LogP) is 3.85. The summed E-state index contributed by atoms with van der Waals surface area (Å²) in [6, 6.07) is 9.10. The van der Waals surface area contributed by atoms with Gasteiger partial charge in [-0.1, -0.05) is 6.92 Å². The Morgan fingerprint density at radius 2 is 1.85 bits per heavy atom. The van der Waals surface area contributed by atoms with E-state index in [1.807, 2.05) is 19.1 Å². The Kier molecular flexibility index (Phi) is 4.83. The molecule has 20 heavy (non-hydrogen) atoms. The lowest BCUT2D eigenvalue weighted by Gasteiger charge is -2.07. The maximum atomic E-state index is 11.9. The lowest BCUT2D eigenvalue weighted by atomic mass is 10.2. The van der Waals surface area contributed by atoms with E-state index in [4.69, 9.17) is 0 Å². The van der Waals surface area contributed by atoms with E-state index in [1.165, 1.54) is 10.4 Å². The van der Waals surface area contributed by atoms with Gasteiger partial charge in [0, 0.05) is 17.1 Å². The molecule has 0 radical (unpaired) electrons. The van der Waals surface area contributed by atoms with Gasteiger partial charge in [0.2, 0.25) is 0 Å². The first kappa shape index (κ1) is 15.1. The van der Waals surface area contributed by atoms with Gasteiger partial charge in [-0.3, -0.25) is 0 Å². The Hall–Kier alpha value is -1.33. The molecule has 0 saturated carbocycles. The van der Waals surface area contributed by atoms with Gasteiger partial charge in [-0.15, -0.1) is 11.3 Å². The highest BCUT2D eigenvalue weighted by atomic mass is 32.2. The van der Waals surface area contributed by atoms with E-state index in [1.54, 1.807) is 23.5 Å². The van der Waals surface area contributed by atoms with Gasteiger partial charge in [0.05, 0.1) is 10.6 Å². The van der Waals surface area contributed by atoms with E-state index in [2.05, 4.69) is 23.7 Å². The smallest absolute Gasteiger partial charge is 0.178 e. The third-order valence-corrected chi connectivity index (χ3v) is 6.07. The fourth-order valence-corrected chi connectivity index (χ4v) is 4.10. The first-order valence-corrected chi connectivity index (χ1v) is 9.16. The zero-order valence-corrected chi connectivity index (χ0v) is 13.4. The number of anilines is 1. The van der Waals surface area contributed by atoms with Crippen molar-refractivity contribution in [2.75, 3.05) is 11.1 Å². The van der Waals surface area contributed by atoms with Crippen LogP contribution in [0.3, 0.4) is 0 Å². The van der Waals surface area contributed by atoms with Gasteiger partial charge in [-0.2, -0.15) is 0 Å². The SMILES string of the molecule is CCCS(=O)(=O)c1ccc(NCc2sccc2C)cc1. The molecule has 0 spiro atoms. The fourth-order valence-electron chi connectivity index (χ4n) is 1.93. The van der Waals surface area contributed by atoms with Gasteiger partial charge in [0.1, 0.15) is 0 Å². The van der Waals surface area contributed by atoms with E-state index >= 15 is 0 Å². The number of nitrogens with one attached hydrogen (secondary N) is 1. The topological polar surface area (TPSA) is 46.2 Å². The summed E-state index contributed by atoms with van der Waals surface area (Å²) in [5.41, 5.74) is 2.22. The third-order valence-electron chi connectivity index (χ3n) is 3.11. The van der Waals surface area contributed by atoms with Crippen LogP contribution in [-0.4, -0.2) is 14.2 Å². The Morgan fingerprint density at radius 3 is 2.40 bits per heavy atom. The van der Waals surface area contributed by atoms with Crippen molar-refractivity contribution in [2.45, 2.75) is 31.7 Å². The Morgan fingerprint density at radius 1 is 1.15 bits per heavy atom. The molecule has 0 aliphatic heterocycles. The maximum absolute atomic E-state index is 11.9. The number of thiophene rings is 1. The van der Waals surface area contributed by atoms with Gasteiger partial charge < -0.3 is 5.32 Å². The summed E-state index contributed by atoms with van der Waals surface area (Å²) < 4.78 is 23.8. The predicted molar refractivity (Wildman–Crippen MR) is 85.2 cm³/mol. The van der Waals surface area contributed by atoms with Crippen LogP contribution in [0.4, 0.5) is 5.69 Å². The molecule has 2 rings (SSSR count). The Bertz CT molecular complexity index is 657. The Labute approximate surface area is 124 Å². The van der Waals surface area contributed by atoms with Crippen LogP contribution in [0, 0.1) is 6.92 Å². The van der Waals surface area contributed by atoms with Crippen LogP contribution in [0.25, 0.3) is 0 Å². The van der Waals surface area contributed by atoms with Gasteiger partial charge >= 0.3 is 0 Å². The van der Waals surface area contributed by atoms with Crippen molar-refractivity contribution in [1.82, 2.24) is 0 Å². The van der Waals surface area contributed by atoms with E-state index < -0.39 is 9.84 Å². The second-order valence-electron chi connectivity index (χ2n) is 4.72. The summed E-state index contributed by atoms with van der Waals surface area (Å²) in [6.45, 7) is 4.73. The molecule has 0 fully saturated rings. The molecule has 2 aromatic rings. The standard InChI is InChI=1S/C15H19NO2S2/c1-3-10-20(17,18)14-6-4-13(5-7-14)16-11-15-12(2)8-9-19-15/h4-9,16H,3,10-11H2,1-2H3. The molecule has 0 saturated heterocycles. The number of sulfone groups is 1. The molecule has 1 heterocycles. The number of hydrogen-bond acceptors (Lipinski definition) is 4. The summed E-state index contributed by atoms with van der Waals surface area (Å²) >= 11 is 1.72. The van der Waals surface area contributed by atoms with Gasteiger partial charge in [0.15, 0.2) is 9.84 Å². The van der Waals surface area contributed by atoms with E-state index in [0.717, 1.165) is 12.2 Å². The molecule has 1 aromatic heterocycles. The molecule has 0 aliphatic rings. The molecular weight excluding hydrogens is 290 g/mol. The molecule has 0 amide bonds. The van der Waals surface area contributed by atoms with Gasteiger partial charge in [0.25, 0.3) is 0 Å². The zero-order valence-electron chi connectivity index (χ0n) is 11.7. The van der Waals surface area contributed by atoms with Crippen LogP contribution in [0.15, 0.2) is 40.6 Å². The molecule has 108 valence electrons. The van der Waals surface area contributed by atoms with Crippen molar-refractivity contribution in [2.24, 2.45) is 0 Å². The highest BCUT2D eigenvalue weighted by Crippen LogP contribution is 2.19. The largest absolute Gasteiger partial charge is 0.380 e. The van der Waals surface area contributed by atoms with E-state index in [9.17, 15) is 8.42 Å². The van der Waals surface area contributed by atoms with Crippen LogP contribution in [0.2, 0.25) is 0 Å². The molecule has 5 heteroatoms. The summed E-state index contributed by atoms with van der Waals surface area (Å²) in [4.78, 5) is 1.70. The molecular formula is C15H19NO2S2. The third kappa shape index (κ3) is 3.61. The van der Waals surface area contributed by atoms with Crippen molar-refractivity contribution >= 4 is 26.9 Å². The van der Waals surface area contributed by atoms with Crippen LogP contribution in [0.5, 0.6) is 0 Å². The minimum atomic E-state index is -3.12. The zero-order chi connectivity index (χ0) is 14.6. The van der Waals surface area contributed by atoms with Gasteiger partial charge in [-0.05, 0) is 54.6 Å². The number of benzene rings is 1. The highest BCUT2D eigenvalue weighted by molar-refractivity contribution is 7.91. The monoisotopic (exact) mass is 309 g/mol. The van der Waals surface area contributed by atoms with Crippen molar-refractivity contribution in [1.29, 1.82) is 0 Å². The lowest BCUT2D eigenvalue weighted by molar-refractivity contribution is 0.595. The number of rotatable bonds is 6. The number of aryl methyl sites for hydroxylation is 1. The summed E-state index contributed by atoms with van der Waals surface area (Å²) in [6.07, 6.45) is 0.639. The minimum absolute atomic E-state index is 0.203. The van der Waals surface area contributed by atoms with E-state index in [0.29, 0.717) is 11.3 Å².